The monoisotopic (exact) mass is 409 g/mol. The fourth-order valence-electron chi connectivity index (χ4n) is 3.57. The Bertz CT molecular complexity index is 973. The number of rotatable bonds is 6. The second kappa shape index (κ2) is 8.98. The van der Waals surface area contributed by atoms with E-state index in [1.165, 1.54) is 4.90 Å². The number of hydrogen-bond donors (Lipinski definition) is 1. The van der Waals surface area contributed by atoms with E-state index in [1.807, 2.05) is 38.1 Å². The fraction of sp³-hybridized carbons (Fsp3) is 0.348. The molecule has 0 saturated carbocycles. The second-order valence-electron chi connectivity index (χ2n) is 7.67. The minimum Gasteiger partial charge on any atom is -0.497 e. The van der Waals surface area contributed by atoms with Gasteiger partial charge in [0.25, 0.3) is 0 Å². The third-order valence-corrected chi connectivity index (χ3v) is 5.26. The molecule has 1 unspecified atom stereocenters. The number of carbonyl (C=O) groups is 3. The summed E-state index contributed by atoms with van der Waals surface area (Å²) < 4.78 is 5.21. The normalized spacial score (nSPS) is 15.8. The summed E-state index contributed by atoms with van der Waals surface area (Å²) in [7, 11) is 3.15. The zero-order chi connectivity index (χ0) is 21.8. The number of ether oxygens (including phenoxy) is 1. The molecule has 0 bridgehead atoms. The predicted molar refractivity (Wildman–Crippen MR) is 116 cm³/mol. The largest absolute Gasteiger partial charge is 0.497 e. The lowest BCUT2D eigenvalue weighted by Crippen LogP contribution is -2.39. The number of amides is 3. The van der Waals surface area contributed by atoms with Crippen LogP contribution in [0.4, 0.5) is 11.4 Å². The van der Waals surface area contributed by atoms with Crippen molar-refractivity contribution >= 4 is 29.1 Å². The number of methoxy groups -OCH3 is 1. The smallest absolute Gasteiger partial charge is 0.243 e. The Morgan fingerprint density at radius 1 is 1.20 bits per heavy atom. The molecule has 0 spiro atoms. The molecule has 1 atom stereocenters. The van der Waals surface area contributed by atoms with Crippen molar-refractivity contribution in [3.8, 4) is 5.75 Å². The number of hydrogen-bond acceptors (Lipinski definition) is 4. The van der Waals surface area contributed by atoms with Crippen molar-refractivity contribution in [1.29, 1.82) is 0 Å². The van der Waals surface area contributed by atoms with Crippen LogP contribution in [-0.2, 0) is 14.4 Å². The molecular formula is C23H27N3O4. The molecule has 1 fully saturated rings. The molecule has 2 aromatic rings. The van der Waals surface area contributed by atoms with Gasteiger partial charge < -0.3 is 19.9 Å². The molecule has 0 aromatic heterocycles. The first-order valence-corrected chi connectivity index (χ1v) is 9.85. The van der Waals surface area contributed by atoms with Crippen molar-refractivity contribution in [2.24, 2.45) is 5.92 Å². The Labute approximate surface area is 176 Å². The fourth-order valence-corrected chi connectivity index (χ4v) is 3.57. The molecule has 30 heavy (non-hydrogen) atoms. The van der Waals surface area contributed by atoms with E-state index in [4.69, 9.17) is 4.74 Å². The van der Waals surface area contributed by atoms with Gasteiger partial charge in [-0.15, -0.1) is 0 Å². The number of nitrogens with zero attached hydrogens (tertiary/aromatic N) is 2. The highest BCUT2D eigenvalue weighted by Gasteiger charge is 2.36. The van der Waals surface area contributed by atoms with E-state index in [-0.39, 0.29) is 37.2 Å². The summed E-state index contributed by atoms with van der Waals surface area (Å²) in [5, 5.41) is 2.86. The molecular weight excluding hydrogens is 382 g/mol. The van der Waals surface area contributed by atoms with Gasteiger partial charge in [-0.2, -0.15) is 0 Å². The summed E-state index contributed by atoms with van der Waals surface area (Å²) in [6.45, 7) is 4.08. The van der Waals surface area contributed by atoms with Crippen molar-refractivity contribution < 1.29 is 19.1 Å². The summed E-state index contributed by atoms with van der Waals surface area (Å²) in [5.74, 6) is -0.439. The average molecular weight is 409 g/mol. The Hall–Kier alpha value is -3.35. The lowest BCUT2D eigenvalue weighted by Gasteiger charge is -2.21. The zero-order valence-electron chi connectivity index (χ0n) is 17.8. The lowest BCUT2D eigenvalue weighted by atomic mass is 10.1. The highest BCUT2D eigenvalue weighted by atomic mass is 16.5. The van der Waals surface area contributed by atoms with Crippen molar-refractivity contribution in [2.45, 2.75) is 20.3 Å². The number of likely N-dealkylation sites (N-methyl/N-ethyl adjacent to an activating group) is 1. The van der Waals surface area contributed by atoms with Gasteiger partial charge >= 0.3 is 0 Å². The molecule has 2 aromatic carbocycles. The number of benzene rings is 2. The number of nitrogens with one attached hydrogen (secondary N) is 1. The van der Waals surface area contributed by atoms with E-state index in [0.29, 0.717) is 11.4 Å². The molecule has 3 amide bonds. The summed E-state index contributed by atoms with van der Waals surface area (Å²) >= 11 is 0. The van der Waals surface area contributed by atoms with Crippen molar-refractivity contribution in [3.05, 3.63) is 53.6 Å². The highest BCUT2D eigenvalue weighted by molar-refractivity contribution is 6.01. The summed E-state index contributed by atoms with van der Waals surface area (Å²) in [6.07, 6.45) is 0.124. The topological polar surface area (TPSA) is 79.0 Å². The maximum Gasteiger partial charge on any atom is 0.243 e. The zero-order valence-corrected chi connectivity index (χ0v) is 17.8. The SMILES string of the molecule is COc1cccc(N2CC(C(=O)N(C)CC(=O)Nc3cc(C)ccc3C)CC2=O)c1. The first kappa shape index (κ1) is 21.4. The van der Waals surface area contributed by atoms with Gasteiger partial charge in [-0.05, 0) is 43.2 Å². The Morgan fingerprint density at radius 2 is 1.97 bits per heavy atom. The molecule has 1 saturated heterocycles. The van der Waals surface area contributed by atoms with Gasteiger partial charge in [0.2, 0.25) is 17.7 Å². The van der Waals surface area contributed by atoms with Gasteiger partial charge in [-0.25, -0.2) is 0 Å². The third-order valence-electron chi connectivity index (χ3n) is 5.26. The highest BCUT2D eigenvalue weighted by Crippen LogP contribution is 2.28. The average Bonchev–Trinajstić information content (AvgIpc) is 3.11. The van der Waals surface area contributed by atoms with E-state index in [0.717, 1.165) is 16.8 Å². The van der Waals surface area contributed by atoms with Gasteiger partial charge in [-0.1, -0.05) is 18.2 Å². The Balaban J connectivity index is 1.61. The molecule has 7 heteroatoms. The van der Waals surface area contributed by atoms with Gasteiger partial charge in [-0.3, -0.25) is 14.4 Å². The van der Waals surface area contributed by atoms with Crippen LogP contribution in [-0.4, -0.2) is 49.9 Å². The van der Waals surface area contributed by atoms with Crippen LogP contribution < -0.4 is 15.0 Å². The van der Waals surface area contributed by atoms with Crippen molar-refractivity contribution in [3.63, 3.8) is 0 Å². The predicted octanol–water partition coefficient (Wildman–Crippen LogP) is 2.76. The van der Waals surface area contributed by atoms with Crippen molar-refractivity contribution in [2.75, 3.05) is 37.5 Å². The van der Waals surface area contributed by atoms with Crippen LogP contribution in [0.2, 0.25) is 0 Å². The van der Waals surface area contributed by atoms with E-state index < -0.39 is 5.92 Å². The summed E-state index contributed by atoms with van der Waals surface area (Å²) in [6, 6.07) is 13.0. The molecule has 3 rings (SSSR count). The standard InChI is InChI=1S/C23H27N3O4/c1-15-8-9-16(2)20(10-15)24-21(27)14-25(3)23(29)17-11-22(28)26(13-17)18-6-5-7-19(12-18)30-4/h5-10,12,17H,11,13-14H2,1-4H3,(H,24,27). The molecule has 1 N–H and O–H groups in total. The molecule has 158 valence electrons. The maximum atomic E-state index is 12.8. The number of aryl methyl sites for hydroxylation is 2. The summed E-state index contributed by atoms with van der Waals surface area (Å²) in [5.41, 5.74) is 3.44. The lowest BCUT2D eigenvalue weighted by molar-refractivity contribution is -0.137. The van der Waals surface area contributed by atoms with Crippen LogP contribution in [0, 0.1) is 19.8 Å². The maximum absolute atomic E-state index is 12.8. The first-order chi connectivity index (χ1) is 14.3. The Morgan fingerprint density at radius 3 is 2.70 bits per heavy atom. The quantitative estimate of drug-likeness (QED) is 0.796. The van der Waals surface area contributed by atoms with Crippen LogP contribution in [0.3, 0.4) is 0 Å². The molecule has 1 heterocycles. The second-order valence-corrected chi connectivity index (χ2v) is 7.67. The summed E-state index contributed by atoms with van der Waals surface area (Å²) in [4.78, 5) is 40.7. The minimum atomic E-state index is -0.484. The van der Waals surface area contributed by atoms with Gasteiger partial charge in [0, 0.05) is 37.5 Å². The molecule has 1 aliphatic rings. The van der Waals surface area contributed by atoms with Crippen LogP contribution in [0.25, 0.3) is 0 Å². The first-order valence-electron chi connectivity index (χ1n) is 9.85. The van der Waals surface area contributed by atoms with Gasteiger partial charge in [0.15, 0.2) is 0 Å². The molecule has 7 nitrogen and oxygen atoms in total. The third kappa shape index (κ3) is 4.79. The number of anilines is 2. The molecule has 1 aliphatic heterocycles. The minimum absolute atomic E-state index is 0.0733. The van der Waals surface area contributed by atoms with E-state index in [2.05, 4.69) is 5.32 Å². The van der Waals surface area contributed by atoms with E-state index >= 15 is 0 Å². The molecule has 0 aliphatic carbocycles. The van der Waals surface area contributed by atoms with Crippen molar-refractivity contribution in [1.82, 2.24) is 4.90 Å². The van der Waals surface area contributed by atoms with Crippen LogP contribution in [0.15, 0.2) is 42.5 Å². The van der Waals surface area contributed by atoms with E-state index in [1.54, 1.807) is 37.3 Å². The van der Waals surface area contributed by atoms with Crippen LogP contribution in [0.5, 0.6) is 5.75 Å². The van der Waals surface area contributed by atoms with Gasteiger partial charge in [0.05, 0.1) is 19.6 Å². The van der Waals surface area contributed by atoms with Crippen LogP contribution >= 0.6 is 0 Å². The molecule has 0 radical (unpaired) electrons. The van der Waals surface area contributed by atoms with E-state index in [9.17, 15) is 14.4 Å². The van der Waals surface area contributed by atoms with Gasteiger partial charge in [0.1, 0.15) is 5.75 Å². The Kier molecular flexibility index (Phi) is 6.40. The number of carbonyl (C=O) groups excluding carboxylic acids is 3. The van der Waals surface area contributed by atoms with Crippen LogP contribution in [0.1, 0.15) is 17.5 Å².